The fourth-order valence-electron chi connectivity index (χ4n) is 1.21. The number of hydrogen-bond donors (Lipinski definition) is 0. The van der Waals surface area contributed by atoms with Crippen molar-refractivity contribution in [2.75, 3.05) is 0 Å². The second kappa shape index (κ2) is 4.35. The van der Waals surface area contributed by atoms with Gasteiger partial charge >= 0.3 is 0 Å². The van der Waals surface area contributed by atoms with Crippen LogP contribution in [0.25, 0.3) is 0 Å². The minimum Gasteiger partial charge on any atom is -0.162 e. The zero-order valence-electron chi connectivity index (χ0n) is 8.86. The van der Waals surface area contributed by atoms with Gasteiger partial charge in [-0.05, 0) is 25.5 Å². The molecule has 1 aromatic heterocycles. The van der Waals surface area contributed by atoms with Gasteiger partial charge in [-0.3, -0.25) is 0 Å². The van der Waals surface area contributed by atoms with Gasteiger partial charge in [0.2, 0.25) is 0 Å². The normalized spacial score (nSPS) is 13.6. The van der Waals surface area contributed by atoms with E-state index in [1.807, 2.05) is 0 Å². The second-order valence-electron chi connectivity index (χ2n) is 3.75. The Labute approximate surface area is 79.3 Å². The Bertz CT molecular complexity index is 254. The Morgan fingerprint density at radius 3 is 2.46 bits per heavy atom. The van der Waals surface area contributed by atoms with Gasteiger partial charge in [-0.1, -0.05) is 20.3 Å². The summed E-state index contributed by atoms with van der Waals surface area (Å²) in [5, 5.41) is 12.4. The lowest BCUT2D eigenvalue weighted by Crippen LogP contribution is -2.05. The highest BCUT2D eigenvalue weighted by molar-refractivity contribution is 4.87. The van der Waals surface area contributed by atoms with Crippen molar-refractivity contribution in [2.45, 2.75) is 52.5 Å². The standard InChI is InChI=1S/C9H18N4/c1-5-6-8(4)9-10-12-13(11-9)7(2)3/h7-8H,5-6H2,1-4H3. The maximum absolute atomic E-state index is 4.32. The molecule has 1 heterocycles. The first-order valence-corrected chi connectivity index (χ1v) is 4.94. The van der Waals surface area contributed by atoms with Gasteiger partial charge in [-0.2, -0.15) is 4.80 Å². The summed E-state index contributed by atoms with van der Waals surface area (Å²) in [5.41, 5.74) is 0. The topological polar surface area (TPSA) is 43.6 Å². The number of rotatable bonds is 4. The van der Waals surface area contributed by atoms with Crippen LogP contribution in [-0.4, -0.2) is 20.2 Å². The summed E-state index contributed by atoms with van der Waals surface area (Å²) in [6.45, 7) is 8.42. The van der Waals surface area contributed by atoms with Crippen molar-refractivity contribution in [2.24, 2.45) is 0 Å². The maximum Gasteiger partial charge on any atom is 0.177 e. The van der Waals surface area contributed by atoms with Crippen LogP contribution in [0, 0.1) is 0 Å². The predicted octanol–water partition coefficient (Wildman–Crippen LogP) is 2.16. The van der Waals surface area contributed by atoms with Crippen LogP contribution in [0.2, 0.25) is 0 Å². The van der Waals surface area contributed by atoms with Gasteiger partial charge in [0.1, 0.15) is 0 Å². The Kier molecular flexibility index (Phi) is 3.39. The van der Waals surface area contributed by atoms with Crippen LogP contribution in [0.5, 0.6) is 0 Å². The molecular formula is C9H18N4. The molecule has 0 aliphatic carbocycles. The third kappa shape index (κ3) is 2.50. The van der Waals surface area contributed by atoms with Gasteiger partial charge in [0.25, 0.3) is 0 Å². The Morgan fingerprint density at radius 1 is 1.31 bits per heavy atom. The predicted molar refractivity (Wildman–Crippen MR) is 51.5 cm³/mol. The highest BCUT2D eigenvalue weighted by atomic mass is 15.6. The minimum atomic E-state index is 0.301. The summed E-state index contributed by atoms with van der Waals surface area (Å²) < 4.78 is 0. The largest absolute Gasteiger partial charge is 0.177 e. The molecule has 0 saturated heterocycles. The summed E-state index contributed by atoms with van der Waals surface area (Å²) in [6.07, 6.45) is 2.29. The third-order valence-electron chi connectivity index (χ3n) is 2.07. The Morgan fingerprint density at radius 2 is 2.00 bits per heavy atom. The molecule has 0 bridgehead atoms. The van der Waals surface area contributed by atoms with E-state index >= 15 is 0 Å². The molecule has 0 aromatic carbocycles. The average molecular weight is 182 g/mol. The number of hydrogen-bond acceptors (Lipinski definition) is 3. The van der Waals surface area contributed by atoms with Crippen molar-refractivity contribution in [3.05, 3.63) is 5.82 Å². The molecule has 1 unspecified atom stereocenters. The molecule has 0 amide bonds. The second-order valence-corrected chi connectivity index (χ2v) is 3.75. The Balaban J connectivity index is 2.67. The molecule has 0 spiro atoms. The maximum atomic E-state index is 4.32. The lowest BCUT2D eigenvalue weighted by molar-refractivity contribution is 0.451. The first kappa shape index (κ1) is 10.2. The molecule has 0 saturated carbocycles. The lowest BCUT2D eigenvalue weighted by Gasteiger charge is -2.03. The smallest absolute Gasteiger partial charge is 0.162 e. The molecule has 4 heteroatoms. The van der Waals surface area contributed by atoms with Crippen molar-refractivity contribution < 1.29 is 0 Å². The minimum absolute atomic E-state index is 0.301. The Hall–Kier alpha value is -0.930. The molecule has 0 aliphatic rings. The van der Waals surface area contributed by atoms with Crippen molar-refractivity contribution in [1.29, 1.82) is 0 Å². The van der Waals surface area contributed by atoms with Crippen molar-refractivity contribution in [3.8, 4) is 0 Å². The summed E-state index contributed by atoms with van der Waals surface area (Å²) in [5.74, 6) is 1.30. The molecule has 1 aromatic rings. The molecule has 1 atom stereocenters. The van der Waals surface area contributed by atoms with E-state index in [2.05, 4.69) is 43.1 Å². The summed E-state index contributed by atoms with van der Waals surface area (Å²) >= 11 is 0. The van der Waals surface area contributed by atoms with Crippen molar-refractivity contribution in [1.82, 2.24) is 20.2 Å². The third-order valence-corrected chi connectivity index (χ3v) is 2.07. The molecule has 0 fully saturated rings. The monoisotopic (exact) mass is 182 g/mol. The zero-order chi connectivity index (χ0) is 9.84. The summed E-state index contributed by atoms with van der Waals surface area (Å²) in [6, 6.07) is 0.301. The van der Waals surface area contributed by atoms with Gasteiger partial charge in [-0.25, -0.2) is 0 Å². The molecule has 4 nitrogen and oxygen atoms in total. The van der Waals surface area contributed by atoms with E-state index in [1.165, 1.54) is 0 Å². The zero-order valence-corrected chi connectivity index (χ0v) is 8.86. The summed E-state index contributed by atoms with van der Waals surface area (Å²) in [7, 11) is 0. The van der Waals surface area contributed by atoms with E-state index in [4.69, 9.17) is 0 Å². The molecule has 0 N–H and O–H groups in total. The average Bonchev–Trinajstić information content (AvgIpc) is 2.52. The van der Waals surface area contributed by atoms with E-state index in [-0.39, 0.29) is 0 Å². The van der Waals surface area contributed by atoms with Gasteiger partial charge in [0.15, 0.2) is 5.82 Å². The van der Waals surface area contributed by atoms with E-state index in [9.17, 15) is 0 Å². The van der Waals surface area contributed by atoms with E-state index in [1.54, 1.807) is 4.80 Å². The highest BCUT2D eigenvalue weighted by Crippen LogP contribution is 2.15. The number of tetrazole rings is 1. The molecule has 1 rings (SSSR count). The fourth-order valence-corrected chi connectivity index (χ4v) is 1.21. The first-order valence-electron chi connectivity index (χ1n) is 4.94. The highest BCUT2D eigenvalue weighted by Gasteiger charge is 2.11. The van der Waals surface area contributed by atoms with Crippen LogP contribution in [0.1, 0.15) is 58.3 Å². The van der Waals surface area contributed by atoms with Gasteiger partial charge in [-0.15, -0.1) is 10.2 Å². The van der Waals surface area contributed by atoms with Crippen LogP contribution in [-0.2, 0) is 0 Å². The SMILES string of the molecule is CCCC(C)c1nnn(C(C)C)n1. The molecule has 0 radical (unpaired) electrons. The number of aromatic nitrogens is 4. The van der Waals surface area contributed by atoms with Crippen LogP contribution >= 0.6 is 0 Å². The van der Waals surface area contributed by atoms with Crippen LogP contribution in [0.15, 0.2) is 0 Å². The van der Waals surface area contributed by atoms with Gasteiger partial charge in [0, 0.05) is 5.92 Å². The van der Waals surface area contributed by atoms with Crippen LogP contribution < -0.4 is 0 Å². The van der Waals surface area contributed by atoms with Crippen molar-refractivity contribution in [3.63, 3.8) is 0 Å². The summed E-state index contributed by atoms with van der Waals surface area (Å²) in [4.78, 5) is 1.67. The van der Waals surface area contributed by atoms with E-state index in [0.717, 1.165) is 18.7 Å². The first-order chi connectivity index (χ1) is 6.15. The number of nitrogens with zero attached hydrogens (tertiary/aromatic N) is 4. The van der Waals surface area contributed by atoms with Crippen molar-refractivity contribution >= 4 is 0 Å². The van der Waals surface area contributed by atoms with E-state index in [0.29, 0.717) is 12.0 Å². The van der Waals surface area contributed by atoms with Gasteiger partial charge in [0.05, 0.1) is 6.04 Å². The molecule has 0 aliphatic heterocycles. The lowest BCUT2D eigenvalue weighted by atomic mass is 10.1. The fraction of sp³-hybridized carbons (Fsp3) is 0.889. The molecule has 13 heavy (non-hydrogen) atoms. The molecule has 74 valence electrons. The van der Waals surface area contributed by atoms with E-state index < -0.39 is 0 Å². The van der Waals surface area contributed by atoms with Crippen LogP contribution in [0.3, 0.4) is 0 Å². The quantitative estimate of drug-likeness (QED) is 0.716. The molecular weight excluding hydrogens is 164 g/mol. The van der Waals surface area contributed by atoms with Gasteiger partial charge < -0.3 is 0 Å². The van der Waals surface area contributed by atoms with Crippen LogP contribution in [0.4, 0.5) is 0 Å².